The molecule has 2 nitrogen and oxygen atoms in total. The number of nitrogens with one attached hydrogen (secondary N) is 1. The van der Waals surface area contributed by atoms with Gasteiger partial charge in [0, 0.05) is 13.6 Å². The molecule has 58 valence electrons. The number of rotatable bonds is 0. The van der Waals surface area contributed by atoms with Crippen LogP contribution in [0.4, 0.5) is 13.2 Å². The van der Waals surface area contributed by atoms with Gasteiger partial charge in [-0.15, -0.1) is 0 Å². The number of likely N-dealkylation sites (N-methyl/N-ethyl adjacent to an activating group) is 1. The first-order valence-corrected chi connectivity index (χ1v) is 2.75. The fraction of sp³-hybridized carbons (Fsp3) is 0.600. The predicted octanol–water partition coefficient (Wildman–Crippen LogP) is 0.883. The van der Waals surface area contributed by atoms with E-state index in [0.717, 1.165) is 6.08 Å². The van der Waals surface area contributed by atoms with Crippen molar-refractivity contribution < 1.29 is 13.2 Å². The molecule has 1 aliphatic heterocycles. The number of allylic oxidation sites excluding steroid dienone is 1. The van der Waals surface area contributed by atoms with Gasteiger partial charge in [-0.2, -0.15) is 13.2 Å². The Balaban J connectivity index is 2.60. The van der Waals surface area contributed by atoms with Crippen molar-refractivity contribution in [3.05, 3.63) is 11.8 Å². The van der Waals surface area contributed by atoms with Gasteiger partial charge in [-0.1, -0.05) is 0 Å². The molecule has 0 unspecified atom stereocenters. The third-order valence-electron chi connectivity index (χ3n) is 1.19. The molecule has 0 aliphatic carbocycles. The summed E-state index contributed by atoms with van der Waals surface area (Å²) in [7, 11) is 1.55. The first-order valence-electron chi connectivity index (χ1n) is 2.75. The molecular formula is C5H7F3N2. The second-order valence-corrected chi connectivity index (χ2v) is 2.11. The third-order valence-corrected chi connectivity index (χ3v) is 1.19. The van der Waals surface area contributed by atoms with E-state index >= 15 is 0 Å². The number of hydrogen-bond acceptors (Lipinski definition) is 2. The van der Waals surface area contributed by atoms with Crippen LogP contribution in [0.1, 0.15) is 0 Å². The van der Waals surface area contributed by atoms with Gasteiger partial charge in [-0.3, -0.25) is 0 Å². The zero-order valence-electron chi connectivity index (χ0n) is 5.37. The summed E-state index contributed by atoms with van der Waals surface area (Å²) in [6.07, 6.45) is -3.12. The molecule has 0 atom stereocenters. The van der Waals surface area contributed by atoms with Crippen molar-refractivity contribution in [1.29, 1.82) is 0 Å². The summed E-state index contributed by atoms with van der Waals surface area (Å²) in [5, 5.41) is 1.36. The van der Waals surface area contributed by atoms with Crippen LogP contribution in [0.3, 0.4) is 0 Å². The molecule has 0 amide bonds. The molecule has 0 saturated carbocycles. The quantitative estimate of drug-likeness (QED) is 0.554. The molecule has 0 spiro atoms. The molecule has 1 heterocycles. The van der Waals surface area contributed by atoms with E-state index in [9.17, 15) is 13.2 Å². The Hall–Kier alpha value is -0.710. The van der Waals surface area contributed by atoms with Gasteiger partial charge in [0.1, 0.15) is 5.70 Å². The molecular weight excluding hydrogens is 145 g/mol. The highest BCUT2D eigenvalue weighted by atomic mass is 19.4. The van der Waals surface area contributed by atoms with E-state index in [1.54, 1.807) is 7.05 Å². The van der Waals surface area contributed by atoms with Crippen LogP contribution in [-0.4, -0.2) is 24.8 Å². The second-order valence-electron chi connectivity index (χ2n) is 2.11. The minimum absolute atomic E-state index is 0.300. The number of alkyl halides is 3. The van der Waals surface area contributed by atoms with Gasteiger partial charge in [0.15, 0.2) is 0 Å². The van der Waals surface area contributed by atoms with Crippen molar-refractivity contribution in [1.82, 2.24) is 10.4 Å². The summed E-state index contributed by atoms with van der Waals surface area (Å²) < 4.78 is 35.3. The van der Waals surface area contributed by atoms with Gasteiger partial charge in [-0.25, -0.2) is 5.01 Å². The molecule has 5 heteroatoms. The second kappa shape index (κ2) is 2.16. The van der Waals surface area contributed by atoms with E-state index < -0.39 is 11.9 Å². The molecule has 0 bridgehead atoms. The zero-order valence-corrected chi connectivity index (χ0v) is 5.37. The SMILES string of the molecule is CN1CC=C(C(F)(F)F)N1. The first-order chi connectivity index (χ1) is 4.50. The highest BCUT2D eigenvalue weighted by Crippen LogP contribution is 2.25. The Morgan fingerprint density at radius 3 is 2.40 bits per heavy atom. The normalized spacial score (nSPS) is 20.6. The number of halogens is 3. The molecule has 0 aromatic rings. The van der Waals surface area contributed by atoms with Crippen molar-refractivity contribution in [2.24, 2.45) is 0 Å². The van der Waals surface area contributed by atoms with Crippen LogP contribution in [0.5, 0.6) is 0 Å². The molecule has 0 radical (unpaired) electrons. The standard InChI is InChI=1S/C5H7F3N2/c1-10-3-2-4(9-10)5(6,7)8/h2,9H,3H2,1H3. The average molecular weight is 152 g/mol. The molecule has 0 aromatic heterocycles. The van der Waals surface area contributed by atoms with E-state index in [0.29, 0.717) is 6.54 Å². The average Bonchev–Trinajstić information content (AvgIpc) is 2.11. The van der Waals surface area contributed by atoms with Gasteiger partial charge in [-0.05, 0) is 6.08 Å². The number of hydrazine groups is 1. The number of nitrogens with zero attached hydrogens (tertiary/aromatic N) is 1. The minimum atomic E-state index is -4.23. The van der Waals surface area contributed by atoms with E-state index in [2.05, 4.69) is 5.43 Å². The lowest BCUT2D eigenvalue weighted by atomic mass is 10.4. The van der Waals surface area contributed by atoms with Crippen molar-refractivity contribution in [2.45, 2.75) is 6.18 Å². The molecule has 10 heavy (non-hydrogen) atoms. The Kier molecular flexibility index (Phi) is 1.60. The van der Waals surface area contributed by atoms with Crippen molar-refractivity contribution in [3.63, 3.8) is 0 Å². The maximum absolute atomic E-state index is 11.8. The van der Waals surface area contributed by atoms with Gasteiger partial charge in [0.25, 0.3) is 0 Å². The van der Waals surface area contributed by atoms with E-state index in [4.69, 9.17) is 0 Å². The highest BCUT2D eigenvalue weighted by molar-refractivity contribution is 5.10. The van der Waals surface area contributed by atoms with Gasteiger partial charge >= 0.3 is 6.18 Å². The highest BCUT2D eigenvalue weighted by Gasteiger charge is 2.36. The third kappa shape index (κ3) is 1.41. The Bertz CT molecular complexity index is 161. The molecule has 0 aromatic carbocycles. The van der Waals surface area contributed by atoms with Gasteiger partial charge in [0.05, 0.1) is 0 Å². The van der Waals surface area contributed by atoms with Crippen LogP contribution in [0.15, 0.2) is 11.8 Å². The molecule has 0 fully saturated rings. The van der Waals surface area contributed by atoms with Gasteiger partial charge in [0.2, 0.25) is 0 Å². The summed E-state index contributed by atoms with van der Waals surface area (Å²) in [4.78, 5) is 0. The monoisotopic (exact) mass is 152 g/mol. The Morgan fingerprint density at radius 1 is 1.60 bits per heavy atom. The molecule has 0 saturated heterocycles. The van der Waals surface area contributed by atoms with E-state index in [1.165, 1.54) is 5.01 Å². The minimum Gasteiger partial charge on any atom is -0.315 e. The van der Waals surface area contributed by atoms with Crippen LogP contribution < -0.4 is 5.43 Å². The van der Waals surface area contributed by atoms with Gasteiger partial charge < -0.3 is 5.43 Å². The van der Waals surface area contributed by atoms with Crippen molar-refractivity contribution in [3.8, 4) is 0 Å². The maximum atomic E-state index is 11.8. The summed E-state index contributed by atoms with van der Waals surface area (Å²) in [5.74, 6) is 0. The van der Waals surface area contributed by atoms with Crippen LogP contribution in [0, 0.1) is 0 Å². The Labute approximate surface area is 56.3 Å². The van der Waals surface area contributed by atoms with E-state index in [1.807, 2.05) is 0 Å². The lowest BCUT2D eigenvalue weighted by Gasteiger charge is -2.13. The van der Waals surface area contributed by atoms with Crippen LogP contribution in [-0.2, 0) is 0 Å². The van der Waals surface area contributed by atoms with Crippen LogP contribution in [0.25, 0.3) is 0 Å². The van der Waals surface area contributed by atoms with E-state index in [-0.39, 0.29) is 0 Å². The topological polar surface area (TPSA) is 15.3 Å². The summed E-state index contributed by atoms with van der Waals surface area (Å²) >= 11 is 0. The molecule has 1 aliphatic rings. The summed E-state index contributed by atoms with van der Waals surface area (Å²) in [5.41, 5.74) is 1.49. The predicted molar refractivity (Wildman–Crippen MR) is 29.9 cm³/mol. The smallest absolute Gasteiger partial charge is 0.315 e. The van der Waals surface area contributed by atoms with Crippen molar-refractivity contribution >= 4 is 0 Å². The number of hydrogen-bond donors (Lipinski definition) is 1. The van der Waals surface area contributed by atoms with Crippen LogP contribution in [0.2, 0.25) is 0 Å². The zero-order chi connectivity index (χ0) is 7.78. The largest absolute Gasteiger partial charge is 0.431 e. The lowest BCUT2D eigenvalue weighted by molar-refractivity contribution is -0.0996. The Morgan fingerprint density at radius 2 is 2.20 bits per heavy atom. The fourth-order valence-electron chi connectivity index (χ4n) is 0.704. The summed E-state index contributed by atoms with van der Waals surface area (Å²) in [6.45, 7) is 0.300. The van der Waals surface area contributed by atoms with Crippen molar-refractivity contribution in [2.75, 3.05) is 13.6 Å². The maximum Gasteiger partial charge on any atom is 0.431 e. The molecule has 1 N–H and O–H groups in total. The molecule has 1 rings (SSSR count). The first kappa shape index (κ1) is 7.40. The fourth-order valence-corrected chi connectivity index (χ4v) is 0.704. The van der Waals surface area contributed by atoms with Crippen LogP contribution >= 0.6 is 0 Å². The lowest BCUT2D eigenvalue weighted by Crippen LogP contribution is -2.32. The summed E-state index contributed by atoms with van der Waals surface area (Å²) in [6, 6.07) is 0.